The number of hydrogen-bond acceptors (Lipinski definition) is 8. The minimum atomic E-state index is -0.716. The van der Waals surface area contributed by atoms with Crippen LogP contribution < -0.4 is 21.3 Å². The second kappa shape index (κ2) is 8.82. The highest BCUT2D eigenvalue weighted by atomic mass is 19.1. The molecule has 3 aromatic rings. The second-order valence-electron chi connectivity index (χ2n) is 6.09. The van der Waals surface area contributed by atoms with Crippen LogP contribution in [0.3, 0.4) is 0 Å². The first-order chi connectivity index (χ1) is 14.4. The lowest BCUT2D eigenvalue weighted by molar-refractivity contribution is -0.104. The molecule has 3 heterocycles. The van der Waals surface area contributed by atoms with Gasteiger partial charge in [0.1, 0.15) is 17.3 Å². The largest absolute Gasteiger partial charge is 0.385 e. The van der Waals surface area contributed by atoms with Gasteiger partial charge in [0, 0.05) is 38.6 Å². The Bertz CT molecular complexity index is 1140. The Balaban J connectivity index is 1.90. The summed E-state index contributed by atoms with van der Waals surface area (Å²) in [6, 6.07) is 6.80. The van der Waals surface area contributed by atoms with Gasteiger partial charge in [-0.25, -0.2) is 18.9 Å². The van der Waals surface area contributed by atoms with Crippen molar-refractivity contribution in [2.45, 2.75) is 0 Å². The number of imidazole rings is 1. The number of primary amides is 1. The lowest BCUT2D eigenvalue weighted by Crippen LogP contribution is -2.16. The maximum atomic E-state index is 14.4. The van der Waals surface area contributed by atoms with Gasteiger partial charge in [-0.05, 0) is 12.1 Å². The van der Waals surface area contributed by atoms with E-state index in [0.29, 0.717) is 23.4 Å². The van der Waals surface area contributed by atoms with Gasteiger partial charge in [0.25, 0.3) is 5.91 Å². The van der Waals surface area contributed by atoms with E-state index >= 15 is 0 Å². The zero-order valence-electron chi connectivity index (χ0n) is 16.2. The van der Waals surface area contributed by atoms with Crippen LogP contribution in [0.25, 0.3) is 5.65 Å². The van der Waals surface area contributed by atoms with Crippen LogP contribution in [0.5, 0.6) is 0 Å². The third-order valence-corrected chi connectivity index (χ3v) is 4.01. The van der Waals surface area contributed by atoms with Gasteiger partial charge in [-0.2, -0.15) is 0 Å². The van der Waals surface area contributed by atoms with Gasteiger partial charge < -0.3 is 21.3 Å². The number of nitrogens with one attached hydrogen (secondary N) is 2. The number of nitrogens with zero attached hydrogens (tertiary/aromatic N) is 5. The van der Waals surface area contributed by atoms with E-state index in [1.807, 2.05) is 0 Å². The molecule has 0 atom stereocenters. The average Bonchev–Trinajstić information content (AvgIpc) is 3.17. The number of carbonyl (C=O) groups excluding carboxylic acids is 2. The molecule has 11 heteroatoms. The highest BCUT2D eigenvalue weighted by Gasteiger charge is 2.14. The lowest BCUT2D eigenvalue weighted by Gasteiger charge is -2.12. The first-order valence-corrected chi connectivity index (χ1v) is 8.74. The van der Waals surface area contributed by atoms with Gasteiger partial charge in [-0.15, -0.1) is 5.10 Å². The van der Waals surface area contributed by atoms with E-state index in [1.165, 1.54) is 21.8 Å². The van der Waals surface area contributed by atoms with Gasteiger partial charge >= 0.3 is 0 Å². The Hall–Kier alpha value is -4.28. The quantitative estimate of drug-likeness (QED) is 0.291. The predicted molar refractivity (Wildman–Crippen MR) is 111 cm³/mol. The molecule has 0 aromatic carbocycles. The minimum Gasteiger partial charge on any atom is -0.385 e. The molecule has 0 aliphatic carbocycles. The molecule has 4 N–H and O–H groups in total. The van der Waals surface area contributed by atoms with Crippen molar-refractivity contribution in [1.82, 2.24) is 19.6 Å². The Morgan fingerprint density at radius 3 is 2.77 bits per heavy atom. The molecule has 3 aromatic heterocycles. The number of pyridine rings is 1. The van der Waals surface area contributed by atoms with Crippen LogP contribution in [0.1, 0.15) is 10.5 Å². The smallest absolute Gasteiger partial charge is 0.269 e. The number of halogens is 1. The van der Waals surface area contributed by atoms with Crippen molar-refractivity contribution in [1.29, 1.82) is 0 Å². The van der Waals surface area contributed by atoms with E-state index in [4.69, 9.17) is 5.73 Å². The van der Waals surface area contributed by atoms with E-state index in [2.05, 4.69) is 25.7 Å². The highest BCUT2D eigenvalue weighted by Crippen LogP contribution is 2.21. The summed E-state index contributed by atoms with van der Waals surface area (Å²) < 4.78 is 15.6. The van der Waals surface area contributed by atoms with Gasteiger partial charge in [-0.1, -0.05) is 6.07 Å². The predicted octanol–water partition coefficient (Wildman–Crippen LogP) is 1.71. The Morgan fingerprint density at radius 1 is 1.33 bits per heavy atom. The van der Waals surface area contributed by atoms with E-state index in [0.717, 1.165) is 6.08 Å². The van der Waals surface area contributed by atoms with Crippen molar-refractivity contribution in [3.05, 3.63) is 66.2 Å². The first kappa shape index (κ1) is 20.5. The maximum absolute atomic E-state index is 14.4. The molecule has 30 heavy (non-hydrogen) atoms. The fourth-order valence-corrected chi connectivity index (χ4v) is 2.63. The van der Waals surface area contributed by atoms with E-state index < -0.39 is 11.7 Å². The van der Waals surface area contributed by atoms with Gasteiger partial charge in [0.2, 0.25) is 0 Å². The van der Waals surface area contributed by atoms with Crippen LogP contribution in [0.2, 0.25) is 0 Å². The molecule has 0 saturated heterocycles. The van der Waals surface area contributed by atoms with Gasteiger partial charge in [-0.3, -0.25) is 9.59 Å². The normalized spacial score (nSPS) is 12.0. The van der Waals surface area contributed by atoms with Gasteiger partial charge in [0.05, 0.1) is 17.6 Å². The van der Waals surface area contributed by atoms with Crippen molar-refractivity contribution in [3.63, 3.8) is 0 Å². The SMILES string of the molecule is CNc1cc(N/C(C=O)=C/C(F)=C\N(C)c2ccccn2)nn2c(C(N)=O)cnc12. The van der Waals surface area contributed by atoms with Crippen molar-refractivity contribution in [2.24, 2.45) is 5.73 Å². The molecule has 0 spiro atoms. The van der Waals surface area contributed by atoms with Gasteiger partial charge in [0.15, 0.2) is 17.8 Å². The van der Waals surface area contributed by atoms with Crippen molar-refractivity contribution in [2.75, 3.05) is 29.6 Å². The molecule has 0 unspecified atom stereocenters. The van der Waals surface area contributed by atoms with Crippen molar-refractivity contribution >= 4 is 35.2 Å². The van der Waals surface area contributed by atoms with Crippen LogP contribution in [-0.4, -0.2) is 45.9 Å². The number of nitrogens with two attached hydrogens (primary N) is 1. The maximum Gasteiger partial charge on any atom is 0.269 e. The number of allylic oxidation sites excluding steroid dienone is 3. The number of amides is 1. The third kappa shape index (κ3) is 4.41. The fraction of sp³-hybridized carbons (Fsp3) is 0.105. The first-order valence-electron chi connectivity index (χ1n) is 8.74. The molecular weight excluding hydrogens is 391 g/mol. The average molecular weight is 410 g/mol. The molecular formula is C19H19FN8O2. The van der Waals surface area contributed by atoms with E-state index in [9.17, 15) is 14.0 Å². The van der Waals surface area contributed by atoms with E-state index in [-0.39, 0.29) is 17.2 Å². The number of hydrogen-bond donors (Lipinski definition) is 3. The molecule has 1 amide bonds. The molecule has 0 aliphatic rings. The zero-order chi connectivity index (χ0) is 21.7. The molecule has 0 radical (unpaired) electrons. The second-order valence-corrected chi connectivity index (χ2v) is 6.09. The molecule has 154 valence electrons. The van der Waals surface area contributed by atoms with Crippen LogP contribution in [0.15, 0.2) is 60.5 Å². The summed E-state index contributed by atoms with van der Waals surface area (Å²) in [5.41, 5.74) is 6.20. The summed E-state index contributed by atoms with van der Waals surface area (Å²) in [4.78, 5) is 32.7. The number of carbonyl (C=O) groups is 2. The molecule has 10 nitrogen and oxygen atoms in total. The summed E-state index contributed by atoms with van der Waals surface area (Å²) >= 11 is 0. The number of fused-ring (bicyclic) bond motifs is 1. The fourth-order valence-electron chi connectivity index (χ4n) is 2.63. The van der Waals surface area contributed by atoms with Crippen LogP contribution >= 0.6 is 0 Å². The number of aromatic nitrogens is 4. The Labute approximate surface area is 170 Å². The zero-order valence-corrected chi connectivity index (χ0v) is 16.2. The molecule has 0 saturated carbocycles. The Kier molecular flexibility index (Phi) is 6.01. The minimum absolute atomic E-state index is 0.0600. The summed E-state index contributed by atoms with van der Waals surface area (Å²) in [5.74, 6) is -0.692. The number of aldehydes is 1. The Morgan fingerprint density at radius 2 is 2.13 bits per heavy atom. The monoisotopic (exact) mass is 410 g/mol. The van der Waals surface area contributed by atoms with Crippen LogP contribution in [0, 0.1) is 0 Å². The van der Waals surface area contributed by atoms with Crippen molar-refractivity contribution < 1.29 is 14.0 Å². The van der Waals surface area contributed by atoms with Crippen LogP contribution in [-0.2, 0) is 4.79 Å². The summed E-state index contributed by atoms with van der Waals surface area (Å²) in [7, 11) is 3.28. The topological polar surface area (TPSA) is 131 Å². The van der Waals surface area contributed by atoms with Crippen molar-refractivity contribution in [3.8, 4) is 0 Å². The summed E-state index contributed by atoms with van der Waals surface area (Å²) in [5, 5.41) is 9.85. The summed E-state index contributed by atoms with van der Waals surface area (Å²) in [6.07, 6.45) is 5.53. The highest BCUT2D eigenvalue weighted by molar-refractivity contribution is 5.92. The molecule has 3 rings (SSSR count). The molecule has 0 aliphatic heterocycles. The number of anilines is 3. The van der Waals surface area contributed by atoms with E-state index in [1.54, 1.807) is 44.6 Å². The lowest BCUT2D eigenvalue weighted by atomic mass is 10.3. The third-order valence-electron chi connectivity index (χ3n) is 4.01. The van der Waals surface area contributed by atoms with Crippen LogP contribution in [0.4, 0.5) is 21.7 Å². The standard InChI is InChI=1S/C19H19FN8O2/c1-22-14-8-16(26-28-15(18(21)30)9-24-19(14)28)25-13(11-29)7-12(20)10-27(2)17-5-3-4-6-23-17/h3-11,22H,1-2H3,(H2,21,30)(H,25,26)/b12-10+,13-7+. The number of rotatable bonds is 8. The summed E-state index contributed by atoms with van der Waals surface area (Å²) in [6.45, 7) is 0. The molecule has 0 fully saturated rings. The molecule has 0 bridgehead atoms.